The summed E-state index contributed by atoms with van der Waals surface area (Å²) in [5.41, 5.74) is 5.86. The highest BCUT2D eigenvalue weighted by atomic mass is 16.6. The van der Waals surface area contributed by atoms with Gasteiger partial charge in [-0.3, -0.25) is 24.5 Å². The highest BCUT2D eigenvalue weighted by Gasteiger charge is 2.52. The van der Waals surface area contributed by atoms with E-state index < -0.39 is 23.5 Å². The van der Waals surface area contributed by atoms with Crippen molar-refractivity contribution < 1.29 is 28.6 Å². The zero-order valence-electron chi connectivity index (χ0n) is 27.1. The number of fused-ring (bicyclic) bond motifs is 6. The van der Waals surface area contributed by atoms with Crippen molar-refractivity contribution in [2.24, 2.45) is 0 Å². The maximum atomic E-state index is 13.5. The van der Waals surface area contributed by atoms with E-state index in [1.807, 2.05) is 60.7 Å². The van der Waals surface area contributed by atoms with Gasteiger partial charge in [0.15, 0.2) is 5.60 Å². The van der Waals surface area contributed by atoms with Gasteiger partial charge in [-0.25, -0.2) is 4.79 Å². The number of pyridine rings is 2. The van der Waals surface area contributed by atoms with Gasteiger partial charge in [0.1, 0.15) is 11.5 Å². The van der Waals surface area contributed by atoms with Crippen LogP contribution in [0.2, 0.25) is 0 Å². The van der Waals surface area contributed by atoms with Gasteiger partial charge in [0.2, 0.25) is 0 Å². The summed E-state index contributed by atoms with van der Waals surface area (Å²) in [5, 5.41) is 3.56. The number of hydrogen-bond acceptors (Lipinski definition) is 10. The van der Waals surface area contributed by atoms with Gasteiger partial charge < -0.3 is 19.5 Å². The number of nitrogens with zero attached hydrogens (tertiary/aromatic N) is 3. The second kappa shape index (κ2) is 13.3. The minimum absolute atomic E-state index is 0.391. The van der Waals surface area contributed by atoms with Gasteiger partial charge in [0.05, 0.1) is 17.0 Å². The summed E-state index contributed by atoms with van der Waals surface area (Å²) in [7, 11) is 0. The number of rotatable bonds is 10. The molecular weight excluding hydrogens is 620 g/mol. The summed E-state index contributed by atoms with van der Waals surface area (Å²) < 4.78 is 17.2. The molecule has 1 aliphatic heterocycles. The molecule has 0 bridgehead atoms. The monoisotopic (exact) mass is 654 g/mol. The van der Waals surface area contributed by atoms with Gasteiger partial charge in [-0.1, -0.05) is 24.3 Å². The first-order chi connectivity index (χ1) is 23.8. The minimum atomic E-state index is -1.26. The van der Waals surface area contributed by atoms with Gasteiger partial charge in [-0.2, -0.15) is 0 Å². The molecule has 246 valence electrons. The van der Waals surface area contributed by atoms with E-state index in [0.717, 1.165) is 39.3 Å². The molecular formula is C39H34N4O6. The predicted molar refractivity (Wildman–Crippen MR) is 181 cm³/mol. The van der Waals surface area contributed by atoms with Crippen LogP contribution in [0.5, 0.6) is 11.5 Å². The Hall–Kier alpha value is -5.87. The first kappa shape index (κ1) is 31.7. The average Bonchev–Trinajstić information content (AvgIpc) is 3.36. The van der Waals surface area contributed by atoms with E-state index in [0.29, 0.717) is 55.2 Å². The number of carbonyl (C=O) groups excluding carboxylic acids is 3. The van der Waals surface area contributed by atoms with Crippen LogP contribution in [-0.2, 0) is 39.4 Å². The highest BCUT2D eigenvalue weighted by molar-refractivity contribution is 5.97. The fraction of sp³-hybridized carbons (Fsp3) is 0.205. The molecule has 1 spiro atoms. The van der Waals surface area contributed by atoms with Crippen LogP contribution >= 0.6 is 0 Å². The van der Waals surface area contributed by atoms with Crippen molar-refractivity contribution >= 4 is 23.6 Å². The Kier molecular flexibility index (Phi) is 8.63. The Morgan fingerprint density at radius 1 is 0.776 bits per heavy atom. The summed E-state index contributed by atoms with van der Waals surface area (Å²) in [5.74, 6) is -0.529. The molecule has 3 aromatic carbocycles. The number of benzene rings is 3. The molecule has 0 saturated heterocycles. The quantitative estimate of drug-likeness (QED) is 0.146. The zero-order chi connectivity index (χ0) is 34.0. The van der Waals surface area contributed by atoms with Gasteiger partial charge in [0, 0.05) is 74.8 Å². The molecule has 0 atom stereocenters. The van der Waals surface area contributed by atoms with Crippen LogP contribution in [0.4, 0.5) is 5.69 Å². The van der Waals surface area contributed by atoms with Crippen molar-refractivity contribution in [3.05, 3.63) is 148 Å². The van der Waals surface area contributed by atoms with Gasteiger partial charge >= 0.3 is 17.9 Å². The molecule has 5 aromatic rings. The molecule has 0 unspecified atom stereocenters. The molecule has 7 rings (SSSR count). The van der Waals surface area contributed by atoms with Crippen LogP contribution in [0.15, 0.2) is 103 Å². The molecule has 0 fully saturated rings. The summed E-state index contributed by atoms with van der Waals surface area (Å²) >= 11 is 0. The smallest absolute Gasteiger partial charge is 0.340 e. The number of nitrogens with one attached hydrogen (secondary N) is 1. The van der Waals surface area contributed by atoms with E-state index in [4.69, 9.17) is 14.2 Å². The van der Waals surface area contributed by atoms with Crippen molar-refractivity contribution in [1.29, 1.82) is 0 Å². The molecule has 2 aliphatic rings. The maximum absolute atomic E-state index is 13.5. The normalized spacial score (nSPS) is 13.7. The molecule has 3 heterocycles. The SMILES string of the molecule is CC(=O)Oc1ccc2c(c1)Cc1cc(OC(C)=O)ccc1C21OC(=O)c2ccc(NCCN(Cc3ccccn3)Cc3ccccn3)cc21. The first-order valence-electron chi connectivity index (χ1n) is 16.1. The van der Waals surface area contributed by atoms with Crippen molar-refractivity contribution in [2.45, 2.75) is 39.0 Å². The Balaban J connectivity index is 1.22. The molecule has 1 aliphatic carbocycles. The fourth-order valence-electron chi connectivity index (χ4n) is 6.72. The Morgan fingerprint density at radius 3 is 1.90 bits per heavy atom. The van der Waals surface area contributed by atoms with E-state index >= 15 is 0 Å². The van der Waals surface area contributed by atoms with Crippen molar-refractivity contribution in [1.82, 2.24) is 14.9 Å². The third kappa shape index (κ3) is 6.50. The summed E-state index contributed by atoms with van der Waals surface area (Å²) in [6.07, 6.45) is 4.04. The second-order valence-electron chi connectivity index (χ2n) is 12.1. The number of anilines is 1. The number of ether oxygens (including phenoxy) is 3. The number of hydrogen-bond donors (Lipinski definition) is 1. The van der Waals surface area contributed by atoms with E-state index in [1.54, 1.807) is 42.7 Å². The van der Waals surface area contributed by atoms with E-state index in [-0.39, 0.29) is 0 Å². The molecule has 10 nitrogen and oxygen atoms in total. The zero-order valence-corrected chi connectivity index (χ0v) is 27.1. The van der Waals surface area contributed by atoms with Crippen molar-refractivity contribution in [3.8, 4) is 11.5 Å². The largest absolute Gasteiger partial charge is 0.441 e. The standard InChI is InChI=1S/C39H34N4O6/c1-25(44)47-32-10-13-35-27(20-32)19-28-21-33(48-26(2)45)11-14-36(28)39(35)37-22-29(9-12-34(37)38(46)49-39)42-17-18-43(23-30-7-3-5-15-40-30)24-31-8-4-6-16-41-31/h3-16,20-22,42H,17-19,23-24H2,1-2H3. The molecule has 0 amide bonds. The summed E-state index contributed by atoms with van der Waals surface area (Å²) in [6.45, 7) is 5.34. The van der Waals surface area contributed by atoms with Gasteiger partial charge in [0.25, 0.3) is 0 Å². The van der Waals surface area contributed by atoms with Crippen LogP contribution in [0.1, 0.15) is 63.4 Å². The fourth-order valence-corrected chi connectivity index (χ4v) is 6.72. The lowest BCUT2D eigenvalue weighted by atomic mass is 9.71. The second-order valence-corrected chi connectivity index (χ2v) is 12.1. The lowest BCUT2D eigenvalue weighted by Crippen LogP contribution is -2.35. The van der Waals surface area contributed by atoms with Crippen LogP contribution in [0.3, 0.4) is 0 Å². The van der Waals surface area contributed by atoms with Crippen LogP contribution < -0.4 is 14.8 Å². The maximum Gasteiger partial charge on any atom is 0.340 e. The van der Waals surface area contributed by atoms with Crippen molar-refractivity contribution in [2.75, 3.05) is 18.4 Å². The van der Waals surface area contributed by atoms with E-state index in [2.05, 4.69) is 20.2 Å². The van der Waals surface area contributed by atoms with Crippen LogP contribution in [-0.4, -0.2) is 45.9 Å². The van der Waals surface area contributed by atoms with E-state index in [9.17, 15) is 14.4 Å². The number of aromatic nitrogens is 2. The van der Waals surface area contributed by atoms with Crippen LogP contribution in [0, 0.1) is 0 Å². The predicted octanol–water partition coefficient (Wildman–Crippen LogP) is 5.81. The number of esters is 3. The molecule has 0 saturated carbocycles. The van der Waals surface area contributed by atoms with Crippen LogP contribution in [0.25, 0.3) is 0 Å². The first-order valence-corrected chi connectivity index (χ1v) is 16.1. The molecule has 1 N–H and O–H groups in total. The van der Waals surface area contributed by atoms with Gasteiger partial charge in [-0.15, -0.1) is 0 Å². The summed E-state index contributed by atoms with van der Waals surface area (Å²) in [6, 6.07) is 28.2. The average molecular weight is 655 g/mol. The third-order valence-electron chi connectivity index (χ3n) is 8.66. The number of carbonyl (C=O) groups is 3. The Morgan fingerprint density at radius 2 is 1.37 bits per heavy atom. The van der Waals surface area contributed by atoms with E-state index in [1.165, 1.54) is 13.8 Å². The lowest BCUT2D eigenvalue weighted by Gasteiger charge is -2.37. The Labute approximate surface area is 283 Å². The highest BCUT2D eigenvalue weighted by Crippen LogP contribution is 2.53. The van der Waals surface area contributed by atoms with Gasteiger partial charge in [-0.05, 0) is 84.3 Å². The summed E-state index contributed by atoms with van der Waals surface area (Å²) in [4.78, 5) is 48.4. The Bertz CT molecular complexity index is 1940. The third-order valence-corrected chi connectivity index (χ3v) is 8.66. The molecule has 0 radical (unpaired) electrons. The molecule has 2 aromatic heterocycles. The minimum Gasteiger partial charge on any atom is -0.441 e. The molecule has 49 heavy (non-hydrogen) atoms. The lowest BCUT2D eigenvalue weighted by molar-refractivity contribution is -0.132. The molecule has 10 heteroatoms. The topological polar surface area (TPSA) is 120 Å². The van der Waals surface area contributed by atoms with Crippen molar-refractivity contribution in [3.63, 3.8) is 0 Å².